The topological polar surface area (TPSA) is 17.1 Å². The van der Waals surface area contributed by atoms with E-state index in [1.54, 1.807) is 0 Å². The third-order valence-electron chi connectivity index (χ3n) is 2.02. The van der Waals surface area contributed by atoms with Crippen molar-refractivity contribution in [3.8, 4) is 0 Å². The summed E-state index contributed by atoms with van der Waals surface area (Å²) >= 11 is 6.85. The van der Waals surface area contributed by atoms with E-state index < -0.39 is 0 Å². The van der Waals surface area contributed by atoms with E-state index in [1.807, 2.05) is 18.2 Å². The van der Waals surface area contributed by atoms with Crippen molar-refractivity contribution in [2.24, 2.45) is 0 Å². The van der Waals surface area contributed by atoms with Crippen LogP contribution in [0.1, 0.15) is 27.2 Å². The molecule has 0 bridgehead atoms. The van der Waals surface area contributed by atoms with Crippen molar-refractivity contribution in [2.45, 2.75) is 11.2 Å². The van der Waals surface area contributed by atoms with Crippen LogP contribution in [0.2, 0.25) is 0 Å². The highest BCUT2D eigenvalue weighted by atomic mass is 79.9. The Balaban J connectivity index is 2.60. The molecule has 62 valence electrons. The van der Waals surface area contributed by atoms with Gasteiger partial charge in [0.15, 0.2) is 5.78 Å². The van der Waals surface area contributed by atoms with Gasteiger partial charge in [0.05, 0.1) is 0 Å². The van der Waals surface area contributed by atoms with Crippen LogP contribution >= 0.6 is 31.9 Å². The first-order chi connectivity index (χ1) is 5.68. The van der Waals surface area contributed by atoms with Crippen LogP contribution < -0.4 is 0 Å². The Kier molecular flexibility index (Phi) is 2.09. The fourth-order valence-corrected chi connectivity index (χ4v) is 2.48. The van der Waals surface area contributed by atoms with Crippen molar-refractivity contribution in [3.63, 3.8) is 0 Å². The van der Waals surface area contributed by atoms with Crippen LogP contribution in [0.15, 0.2) is 22.7 Å². The van der Waals surface area contributed by atoms with E-state index in [4.69, 9.17) is 0 Å². The molecule has 2 rings (SSSR count). The van der Waals surface area contributed by atoms with E-state index in [9.17, 15) is 4.79 Å². The Labute approximate surface area is 87.4 Å². The number of hydrogen-bond donors (Lipinski definition) is 0. The predicted octanol–water partition coefficient (Wildman–Crippen LogP) is 3.47. The second-order valence-electron chi connectivity index (χ2n) is 2.83. The lowest BCUT2D eigenvalue weighted by Crippen LogP contribution is -1.89. The van der Waals surface area contributed by atoms with E-state index >= 15 is 0 Å². The van der Waals surface area contributed by atoms with Gasteiger partial charge in [-0.15, -0.1) is 0 Å². The van der Waals surface area contributed by atoms with Gasteiger partial charge in [-0.1, -0.05) is 31.9 Å². The van der Waals surface area contributed by atoms with E-state index in [0.717, 1.165) is 15.6 Å². The first-order valence-electron chi connectivity index (χ1n) is 3.65. The molecular weight excluding hydrogens is 284 g/mol. The number of ketones is 1. The van der Waals surface area contributed by atoms with Crippen molar-refractivity contribution in [1.29, 1.82) is 0 Å². The molecule has 0 heterocycles. The van der Waals surface area contributed by atoms with Crippen molar-refractivity contribution in [2.75, 3.05) is 0 Å². The molecule has 0 saturated heterocycles. The Bertz CT molecular complexity index is 346. The molecule has 3 heteroatoms. The summed E-state index contributed by atoms with van der Waals surface area (Å²) in [5.74, 6) is 0.236. The molecule has 0 saturated carbocycles. The summed E-state index contributed by atoms with van der Waals surface area (Å²) in [6.07, 6.45) is 0.589. The Morgan fingerprint density at radius 1 is 1.42 bits per heavy atom. The number of benzene rings is 1. The molecule has 0 unspecified atom stereocenters. The molecule has 1 aliphatic rings. The van der Waals surface area contributed by atoms with Gasteiger partial charge in [0, 0.05) is 21.3 Å². The van der Waals surface area contributed by atoms with Gasteiger partial charge in [0.25, 0.3) is 0 Å². The number of carbonyl (C=O) groups is 1. The van der Waals surface area contributed by atoms with Crippen LogP contribution in [0.5, 0.6) is 0 Å². The molecule has 12 heavy (non-hydrogen) atoms. The van der Waals surface area contributed by atoms with Gasteiger partial charge < -0.3 is 0 Å². The van der Waals surface area contributed by atoms with Crippen LogP contribution in [0.4, 0.5) is 0 Å². The minimum absolute atomic E-state index is 0.206. The maximum atomic E-state index is 11.3. The minimum atomic E-state index is 0.206. The SMILES string of the molecule is O=C1C[C@H](Br)c2cc(Br)ccc21. The van der Waals surface area contributed by atoms with Crippen LogP contribution in [-0.4, -0.2) is 5.78 Å². The lowest BCUT2D eigenvalue weighted by molar-refractivity contribution is 0.0994. The fourth-order valence-electron chi connectivity index (χ4n) is 1.43. The summed E-state index contributed by atoms with van der Waals surface area (Å²) in [5.41, 5.74) is 1.97. The molecule has 1 aromatic carbocycles. The number of alkyl halides is 1. The van der Waals surface area contributed by atoms with Crippen LogP contribution in [0, 0.1) is 0 Å². The standard InChI is InChI=1S/C9H6Br2O/c10-5-1-2-6-7(3-5)8(11)4-9(6)12/h1-3,8H,4H2/t8-/m0/s1. The molecule has 0 spiro atoms. The number of Topliss-reactive ketones (excluding diaryl/α,β-unsaturated/α-hetero) is 1. The second-order valence-corrected chi connectivity index (χ2v) is 4.85. The van der Waals surface area contributed by atoms with Crippen molar-refractivity contribution in [3.05, 3.63) is 33.8 Å². The molecule has 1 nitrogen and oxygen atoms in total. The molecule has 1 aliphatic carbocycles. The highest BCUT2D eigenvalue weighted by molar-refractivity contribution is 9.10. The van der Waals surface area contributed by atoms with E-state index in [1.165, 1.54) is 0 Å². The lowest BCUT2D eigenvalue weighted by atomic mass is 10.1. The lowest BCUT2D eigenvalue weighted by Gasteiger charge is -2.00. The van der Waals surface area contributed by atoms with Gasteiger partial charge in [0.1, 0.15) is 0 Å². The van der Waals surface area contributed by atoms with E-state index in [0.29, 0.717) is 6.42 Å². The first kappa shape index (κ1) is 8.45. The van der Waals surface area contributed by atoms with E-state index in [-0.39, 0.29) is 10.6 Å². The highest BCUT2D eigenvalue weighted by Gasteiger charge is 2.26. The van der Waals surface area contributed by atoms with Crippen molar-refractivity contribution < 1.29 is 4.79 Å². The number of carbonyl (C=O) groups excluding carboxylic acids is 1. The second kappa shape index (κ2) is 2.96. The maximum Gasteiger partial charge on any atom is 0.164 e. The Morgan fingerprint density at radius 3 is 2.92 bits per heavy atom. The van der Waals surface area contributed by atoms with Crippen LogP contribution in [-0.2, 0) is 0 Å². The van der Waals surface area contributed by atoms with Gasteiger partial charge in [-0.3, -0.25) is 4.79 Å². The van der Waals surface area contributed by atoms with Crippen molar-refractivity contribution >= 4 is 37.6 Å². The molecule has 0 radical (unpaired) electrons. The van der Waals surface area contributed by atoms with Gasteiger partial charge in [-0.2, -0.15) is 0 Å². The average Bonchev–Trinajstić information content (AvgIpc) is 2.28. The molecular formula is C9H6Br2O. The Morgan fingerprint density at radius 2 is 2.17 bits per heavy atom. The smallest absolute Gasteiger partial charge is 0.164 e. The average molecular weight is 290 g/mol. The predicted molar refractivity (Wildman–Crippen MR) is 54.8 cm³/mol. The first-order valence-corrected chi connectivity index (χ1v) is 5.36. The minimum Gasteiger partial charge on any atom is -0.294 e. The molecule has 0 N–H and O–H groups in total. The molecule has 0 fully saturated rings. The van der Waals surface area contributed by atoms with E-state index in [2.05, 4.69) is 31.9 Å². The monoisotopic (exact) mass is 288 g/mol. The summed E-state index contributed by atoms with van der Waals surface area (Å²) in [4.78, 5) is 11.5. The molecule has 1 aromatic rings. The summed E-state index contributed by atoms with van der Waals surface area (Å²) in [5, 5.41) is 0. The summed E-state index contributed by atoms with van der Waals surface area (Å²) in [7, 11) is 0. The van der Waals surface area contributed by atoms with Gasteiger partial charge in [-0.05, 0) is 23.8 Å². The van der Waals surface area contributed by atoms with Crippen molar-refractivity contribution in [1.82, 2.24) is 0 Å². The molecule has 0 amide bonds. The number of rotatable bonds is 0. The fraction of sp³-hybridized carbons (Fsp3) is 0.222. The number of fused-ring (bicyclic) bond motifs is 1. The van der Waals surface area contributed by atoms with Crippen LogP contribution in [0.3, 0.4) is 0 Å². The summed E-state index contributed by atoms with van der Waals surface area (Å²) in [6, 6.07) is 5.78. The quantitative estimate of drug-likeness (QED) is 0.669. The number of halogens is 2. The molecule has 0 aliphatic heterocycles. The maximum absolute atomic E-state index is 11.3. The normalized spacial score (nSPS) is 21.2. The van der Waals surface area contributed by atoms with Gasteiger partial charge in [0.2, 0.25) is 0 Å². The highest BCUT2D eigenvalue weighted by Crippen LogP contribution is 2.38. The van der Waals surface area contributed by atoms with Gasteiger partial charge >= 0.3 is 0 Å². The third kappa shape index (κ3) is 1.25. The zero-order valence-electron chi connectivity index (χ0n) is 6.18. The Hall–Kier alpha value is -0.150. The summed E-state index contributed by atoms with van der Waals surface area (Å²) < 4.78 is 1.03. The number of hydrogen-bond acceptors (Lipinski definition) is 1. The zero-order valence-corrected chi connectivity index (χ0v) is 9.35. The third-order valence-corrected chi connectivity index (χ3v) is 3.33. The molecule has 1 atom stereocenters. The largest absolute Gasteiger partial charge is 0.294 e. The van der Waals surface area contributed by atoms with Crippen LogP contribution in [0.25, 0.3) is 0 Å². The van der Waals surface area contributed by atoms with Gasteiger partial charge in [-0.25, -0.2) is 0 Å². The zero-order chi connectivity index (χ0) is 8.72. The summed E-state index contributed by atoms with van der Waals surface area (Å²) in [6.45, 7) is 0. The molecule has 0 aromatic heterocycles.